The average molecular weight is 378 g/mol. The van der Waals surface area contributed by atoms with E-state index < -0.39 is 14.6 Å². The number of carbonyl (C=O) groups excluding carboxylic acids is 1. The molecule has 1 saturated carbocycles. The van der Waals surface area contributed by atoms with Gasteiger partial charge in [-0.05, 0) is 51.2 Å². The molecule has 4 rings (SSSR count). The number of nitrogens with zero attached hydrogens (tertiary/aromatic N) is 2. The monoisotopic (exact) mass is 378 g/mol. The number of sulfone groups is 1. The number of pyridine rings is 1. The van der Waals surface area contributed by atoms with Crippen molar-refractivity contribution in [2.24, 2.45) is 11.8 Å². The molecule has 3 heterocycles. The van der Waals surface area contributed by atoms with Gasteiger partial charge in [0.05, 0.1) is 12.4 Å². The molecule has 0 radical (unpaired) electrons. The van der Waals surface area contributed by atoms with Crippen LogP contribution in [0.2, 0.25) is 0 Å². The number of aryl methyl sites for hydroxylation is 2. The highest BCUT2D eigenvalue weighted by atomic mass is 32.2. The van der Waals surface area contributed by atoms with Crippen LogP contribution in [0.25, 0.3) is 0 Å². The van der Waals surface area contributed by atoms with Gasteiger partial charge in [0.2, 0.25) is 0 Å². The van der Waals surface area contributed by atoms with Gasteiger partial charge in [0.15, 0.2) is 9.84 Å². The van der Waals surface area contributed by atoms with Crippen LogP contribution >= 0.6 is 0 Å². The summed E-state index contributed by atoms with van der Waals surface area (Å²) in [6.07, 6.45) is 3.09. The summed E-state index contributed by atoms with van der Waals surface area (Å²) in [6, 6.07) is 3.53. The first-order valence-electron chi connectivity index (χ1n) is 9.35. The second kappa shape index (κ2) is 6.30. The van der Waals surface area contributed by atoms with Gasteiger partial charge in [-0.3, -0.25) is 9.78 Å². The number of carbonyl (C=O) groups is 1. The van der Waals surface area contributed by atoms with Crippen LogP contribution in [0.5, 0.6) is 0 Å². The first-order valence-corrected chi connectivity index (χ1v) is 11.0. The molecule has 2 aliphatic heterocycles. The maximum atomic E-state index is 12.8. The Labute approximate surface area is 154 Å². The highest BCUT2D eigenvalue weighted by Gasteiger charge is 2.62. The SMILES string of the molecule is Cc1cc(C(=O)N2CC3(C2)[C@H](COCC2CC2)CCS3(=O)=O)cc(C)n1. The fourth-order valence-corrected chi connectivity index (χ4v) is 6.65. The van der Waals surface area contributed by atoms with Crippen LogP contribution in [0.3, 0.4) is 0 Å². The second-order valence-electron chi connectivity index (χ2n) is 8.15. The molecule has 3 fully saturated rings. The second-order valence-corrected chi connectivity index (χ2v) is 10.6. The lowest BCUT2D eigenvalue weighted by Crippen LogP contribution is -2.68. The van der Waals surface area contributed by atoms with Crippen molar-refractivity contribution < 1.29 is 17.9 Å². The molecule has 2 saturated heterocycles. The highest BCUT2D eigenvalue weighted by molar-refractivity contribution is 7.93. The van der Waals surface area contributed by atoms with Gasteiger partial charge in [0, 0.05) is 42.6 Å². The zero-order valence-electron chi connectivity index (χ0n) is 15.4. The Kier molecular flexibility index (Phi) is 4.34. The third-order valence-electron chi connectivity index (χ3n) is 6.00. The minimum Gasteiger partial charge on any atom is -0.381 e. The van der Waals surface area contributed by atoms with Gasteiger partial charge in [-0.25, -0.2) is 8.42 Å². The van der Waals surface area contributed by atoms with E-state index in [-0.39, 0.29) is 30.7 Å². The molecule has 1 spiro atoms. The molecule has 3 aliphatic rings. The molecule has 0 aromatic carbocycles. The number of rotatable bonds is 5. The molecular formula is C19H26N2O4S. The summed E-state index contributed by atoms with van der Waals surface area (Å²) in [6.45, 7) is 5.51. The summed E-state index contributed by atoms with van der Waals surface area (Å²) in [5, 5.41) is 0. The predicted molar refractivity (Wildman–Crippen MR) is 97.8 cm³/mol. The largest absolute Gasteiger partial charge is 0.381 e. The molecule has 1 aliphatic carbocycles. The maximum Gasteiger partial charge on any atom is 0.254 e. The van der Waals surface area contributed by atoms with Crippen LogP contribution in [-0.4, -0.2) is 61.0 Å². The number of amides is 1. The Bertz CT molecular complexity index is 806. The van der Waals surface area contributed by atoms with Gasteiger partial charge in [-0.1, -0.05) is 0 Å². The number of likely N-dealkylation sites (tertiary alicyclic amines) is 1. The molecule has 0 bridgehead atoms. The third-order valence-corrected chi connectivity index (χ3v) is 8.60. The molecule has 1 amide bonds. The van der Waals surface area contributed by atoms with Gasteiger partial charge >= 0.3 is 0 Å². The van der Waals surface area contributed by atoms with Crippen LogP contribution in [0, 0.1) is 25.7 Å². The molecule has 0 N–H and O–H groups in total. The first-order chi connectivity index (χ1) is 12.3. The van der Waals surface area contributed by atoms with E-state index in [1.807, 2.05) is 13.8 Å². The minimum atomic E-state index is -3.19. The van der Waals surface area contributed by atoms with E-state index in [0.29, 0.717) is 24.5 Å². The number of hydrogen-bond donors (Lipinski definition) is 0. The standard InChI is InChI=1S/C19H26N2O4S/c1-13-7-16(8-14(2)20-13)18(22)21-11-19(12-21)17(5-6-26(19,23)24)10-25-9-15-3-4-15/h7-8,15,17H,3-6,9-12H2,1-2H3/t17-/m0/s1. The van der Waals surface area contributed by atoms with E-state index in [1.165, 1.54) is 12.8 Å². The molecule has 26 heavy (non-hydrogen) atoms. The van der Waals surface area contributed by atoms with Gasteiger partial charge in [0.1, 0.15) is 4.75 Å². The van der Waals surface area contributed by atoms with E-state index in [0.717, 1.165) is 18.0 Å². The average Bonchev–Trinajstić information content (AvgIpc) is 3.29. The van der Waals surface area contributed by atoms with Crippen LogP contribution in [0.4, 0.5) is 0 Å². The van der Waals surface area contributed by atoms with Crippen molar-refractivity contribution in [2.45, 2.75) is 37.9 Å². The van der Waals surface area contributed by atoms with E-state index in [4.69, 9.17) is 4.74 Å². The molecule has 1 aromatic heterocycles. The Morgan fingerprint density at radius 2 is 1.85 bits per heavy atom. The number of ether oxygens (including phenoxy) is 1. The fraction of sp³-hybridized carbons (Fsp3) is 0.684. The van der Waals surface area contributed by atoms with E-state index in [2.05, 4.69) is 4.98 Å². The first kappa shape index (κ1) is 17.9. The molecular weight excluding hydrogens is 352 g/mol. The zero-order valence-corrected chi connectivity index (χ0v) is 16.2. The Morgan fingerprint density at radius 3 is 2.46 bits per heavy atom. The Morgan fingerprint density at radius 1 is 1.19 bits per heavy atom. The van der Waals surface area contributed by atoms with Gasteiger partial charge in [-0.2, -0.15) is 0 Å². The van der Waals surface area contributed by atoms with Crippen LogP contribution in [0.1, 0.15) is 41.0 Å². The Balaban J connectivity index is 1.46. The van der Waals surface area contributed by atoms with Gasteiger partial charge < -0.3 is 9.64 Å². The fourth-order valence-electron chi connectivity index (χ4n) is 4.25. The lowest BCUT2D eigenvalue weighted by atomic mass is 9.83. The van der Waals surface area contributed by atoms with Crippen molar-refractivity contribution in [3.63, 3.8) is 0 Å². The van der Waals surface area contributed by atoms with E-state index in [1.54, 1.807) is 17.0 Å². The van der Waals surface area contributed by atoms with Gasteiger partial charge in [0.25, 0.3) is 5.91 Å². The lowest BCUT2D eigenvalue weighted by Gasteiger charge is -2.49. The molecule has 1 aromatic rings. The zero-order chi connectivity index (χ0) is 18.5. The topological polar surface area (TPSA) is 76.6 Å². The van der Waals surface area contributed by atoms with Crippen molar-refractivity contribution in [3.05, 3.63) is 29.1 Å². The summed E-state index contributed by atoms with van der Waals surface area (Å²) >= 11 is 0. The lowest BCUT2D eigenvalue weighted by molar-refractivity contribution is 0.0228. The van der Waals surface area contributed by atoms with Crippen LogP contribution in [-0.2, 0) is 14.6 Å². The van der Waals surface area contributed by atoms with Crippen molar-refractivity contribution in [3.8, 4) is 0 Å². The smallest absolute Gasteiger partial charge is 0.254 e. The summed E-state index contributed by atoms with van der Waals surface area (Å²) in [5.74, 6) is 0.765. The number of aromatic nitrogens is 1. The molecule has 7 heteroatoms. The van der Waals surface area contributed by atoms with Crippen LogP contribution < -0.4 is 0 Å². The third kappa shape index (κ3) is 3.05. The quantitative estimate of drug-likeness (QED) is 0.780. The highest BCUT2D eigenvalue weighted by Crippen LogP contribution is 2.45. The van der Waals surface area contributed by atoms with E-state index in [9.17, 15) is 13.2 Å². The van der Waals surface area contributed by atoms with Crippen molar-refractivity contribution in [1.82, 2.24) is 9.88 Å². The normalized spacial score (nSPS) is 26.1. The number of hydrogen-bond acceptors (Lipinski definition) is 5. The van der Waals surface area contributed by atoms with E-state index >= 15 is 0 Å². The summed E-state index contributed by atoms with van der Waals surface area (Å²) in [5.41, 5.74) is 2.17. The van der Waals surface area contributed by atoms with Crippen molar-refractivity contribution in [1.29, 1.82) is 0 Å². The van der Waals surface area contributed by atoms with Gasteiger partial charge in [-0.15, -0.1) is 0 Å². The Hall–Kier alpha value is -1.47. The molecule has 0 unspecified atom stereocenters. The maximum absolute atomic E-state index is 12.8. The summed E-state index contributed by atoms with van der Waals surface area (Å²) < 4.78 is 30.4. The van der Waals surface area contributed by atoms with Crippen LogP contribution in [0.15, 0.2) is 12.1 Å². The molecule has 1 atom stereocenters. The summed E-state index contributed by atoms with van der Waals surface area (Å²) in [7, 11) is -3.19. The van der Waals surface area contributed by atoms with Crippen molar-refractivity contribution >= 4 is 15.7 Å². The minimum absolute atomic E-state index is 0.00351. The predicted octanol–water partition coefficient (Wildman–Crippen LogP) is 1.75. The summed E-state index contributed by atoms with van der Waals surface area (Å²) in [4.78, 5) is 18.7. The van der Waals surface area contributed by atoms with Crippen molar-refractivity contribution in [2.75, 3.05) is 32.1 Å². The molecule has 6 nitrogen and oxygen atoms in total. The molecule has 142 valence electrons.